The van der Waals surface area contributed by atoms with Crippen molar-refractivity contribution in [1.82, 2.24) is 5.43 Å². The Hall–Kier alpha value is -5.54. The number of benzene rings is 3. The highest BCUT2D eigenvalue weighted by Crippen LogP contribution is 2.38. The summed E-state index contributed by atoms with van der Waals surface area (Å²) in [6.45, 7) is 1.46. The molecule has 3 rings (SSSR count). The van der Waals surface area contributed by atoms with Gasteiger partial charge in [0.15, 0.2) is 11.5 Å². The van der Waals surface area contributed by atoms with Crippen molar-refractivity contribution < 1.29 is 42.1 Å². The topological polar surface area (TPSA) is 175 Å². The van der Waals surface area contributed by atoms with Gasteiger partial charge in [-0.15, -0.1) is 0 Å². The number of alkyl halides is 3. The number of amides is 2. The third kappa shape index (κ3) is 7.06. The molecular formula is C24H18F3N5O8. The van der Waals surface area contributed by atoms with E-state index in [1.165, 1.54) is 38.3 Å². The van der Waals surface area contributed by atoms with Gasteiger partial charge < -0.3 is 14.8 Å². The van der Waals surface area contributed by atoms with E-state index in [9.17, 15) is 43.0 Å². The van der Waals surface area contributed by atoms with E-state index in [4.69, 9.17) is 9.47 Å². The number of hydrogen-bond acceptors (Lipinski definition) is 9. The first-order valence-corrected chi connectivity index (χ1v) is 10.9. The minimum atomic E-state index is -4.64. The highest BCUT2D eigenvalue weighted by atomic mass is 19.4. The number of nitrogens with zero attached hydrogens (tertiary/aromatic N) is 3. The molecule has 0 saturated carbocycles. The maximum atomic E-state index is 12.8. The normalized spacial score (nSPS) is 11.4. The molecule has 3 aromatic carbocycles. The monoisotopic (exact) mass is 561 g/mol. The van der Waals surface area contributed by atoms with Gasteiger partial charge in [-0.2, -0.15) is 18.3 Å². The molecule has 0 saturated heterocycles. The Bertz CT molecular complexity index is 1520. The lowest BCUT2D eigenvalue weighted by molar-refractivity contribution is -0.394. The molecule has 208 valence electrons. The Balaban J connectivity index is 1.73. The van der Waals surface area contributed by atoms with Crippen LogP contribution in [-0.4, -0.2) is 34.5 Å². The van der Waals surface area contributed by atoms with Crippen LogP contribution in [0.3, 0.4) is 0 Å². The molecule has 0 atom stereocenters. The lowest BCUT2D eigenvalue weighted by Crippen LogP contribution is -2.33. The summed E-state index contributed by atoms with van der Waals surface area (Å²) in [6, 6.07) is 10.8. The number of nitrogens with one attached hydrogen (secondary N) is 2. The number of anilines is 1. The number of carbonyl (C=O) groups is 2. The Morgan fingerprint density at radius 1 is 0.900 bits per heavy atom. The molecule has 0 aliphatic carbocycles. The number of ether oxygens (including phenoxy) is 2. The van der Waals surface area contributed by atoms with Crippen molar-refractivity contribution in [1.29, 1.82) is 0 Å². The van der Waals surface area contributed by atoms with Gasteiger partial charge in [-0.1, -0.05) is 6.07 Å². The molecule has 40 heavy (non-hydrogen) atoms. The lowest BCUT2D eigenvalue weighted by Gasteiger charge is -2.12. The van der Waals surface area contributed by atoms with Gasteiger partial charge in [0.1, 0.15) is 0 Å². The second-order valence-corrected chi connectivity index (χ2v) is 7.80. The third-order valence-corrected chi connectivity index (χ3v) is 5.13. The van der Waals surface area contributed by atoms with E-state index in [1.54, 1.807) is 0 Å². The van der Waals surface area contributed by atoms with Gasteiger partial charge in [0.2, 0.25) is 5.75 Å². The zero-order valence-corrected chi connectivity index (χ0v) is 20.5. The number of nitro groups is 2. The fourth-order valence-corrected chi connectivity index (χ4v) is 3.15. The fraction of sp³-hybridized carbons (Fsp3) is 0.125. The minimum absolute atomic E-state index is 0.0144. The SMILES string of the molecule is COc1cc(C(C)=NNC(=O)C(=O)Nc2cccc(C(F)(F)F)c2)ccc1Oc1ccc([N+](=O)[O-])cc1[N+](=O)[O-]. The second kappa shape index (κ2) is 11.9. The molecule has 0 aromatic heterocycles. The molecular weight excluding hydrogens is 543 g/mol. The van der Waals surface area contributed by atoms with Gasteiger partial charge >= 0.3 is 23.7 Å². The van der Waals surface area contributed by atoms with Crippen LogP contribution >= 0.6 is 0 Å². The first-order chi connectivity index (χ1) is 18.8. The molecule has 2 N–H and O–H groups in total. The van der Waals surface area contributed by atoms with Crippen molar-refractivity contribution in [2.45, 2.75) is 13.1 Å². The first kappa shape index (κ1) is 29.0. The molecule has 13 nitrogen and oxygen atoms in total. The van der Waals surface area contributed by atoms with E-state index < -0.39 is 44.8 Å². The first-order valence-electron chi connectivity index (χ1n) is 10.9. The molecule has 0 fully saturated rings. The largest absolute Gasteiger partial charge is 0.493 e. The zero-order valence-electron chi connectivity index (χ0n) is 20.5. The van der Waals surface area contributed by atoms with Crippen LogP contribution < -0.4 is 20.2 Å². The third-order valence-electron chi connectivity index (χ3n) is 5.13. The van der Waals surface area contributed by atoms with Gasteiger partial charge in [0.05, 0.1) is 34.3 Å². The number of non-ortho nitro benzene ring substituents is 1. The maximum absolute atomic E-state index is 12.8. The number of halogens is 3. The van der Waals surface area contributed by atoms with Crippen LogP contribution in [0.5, 0.6) is 17.2 Å². The summed E-state index contributed by atoms with van der Waals surface area (Å²) in [4.78, 5) is 44.8. The predicted molar refractivity (Wildman–Crippen MR) is 133 cm³/mol. The van der Waals surface area contributed by atoms with Gasteiger partial charge in [0.25, 0.3) is 5.69 Å². The summed E-state index contributed by atoms with van der Waals surface area (Å²) in [6.07, 6.45) is -4.64. The molecule has 0 aliphatic rings. The van der Waals surface area contributed by atoms with Gasteiger partial charge in [-0.25, -0.2) is 5.43 Å². The van der Waals surface area contributed by atoms with Crippen LogP contribution in [0.4, 0.5) is 30.2 Å². The quantitative estimate of drug-likeness (QED) is 0.171. The number of hydrazone groups is 1. The molecule has 0 radical (unpaired) electrons. The smallest absolute Gasteiger partial charge is 0.416 e. The van der Waals surface area contributed by atoms with Crippen molar-refractivity contribution >= 4 is 34.6 Å². The van der Waals surface area contributed by atoms with Crippen LogP contribution in [0.25, 0.3) is 0 Å². The summed E-state index contributed by atoms with van der Waals surface area (Å²) in [5, 5.41) is 28.1. The van der Waals surface area contributed by atoms with Crippen molar-refractivity contribution in [3.8, 4) is 17.2 Å². The molecule has 16 heteroatoms. The van der Waals surface area contributed by atoms with Crippen LogP contribution in [0.15, 0.2) is 65.8 Å². The zero-order chi connectivity index (χ0) is 29.6. The van der Waals surface area contributed by atoms with Gasteiger partial charge in [0, 0.05) is 17.3 Å². The molecule has 0 unspecified atom stereocenters. The molecule has 0 heterocycles. The Morgan fingerprint density at radius 2 is 1.60 bits per heavy atom. The van der Waals surface area contributed by atoms with Crippen molar-refractivity contribution in [2.75, 3.05) is 12.4 Å². The summed E-state index contributed by atoms with van der Waals surface area (Å²) in [5.74, 6) is -2.71. The summed E-state index contributed by atoms with van der Waals surface area (Å²) < 4.78 is 49.3. The van der Waals surface area contributed by atoms with E-state index in [1.807, 2.05) is 10.7 Å². The van der Waals surface area contributed by atoms with E-state index >= 15 is 0 Å². The Labute approximate surface area is 222 Å². The van der Waals surface area contributed by atoms with E-state index in [-0.39, 0.29) is 28.6 Å². The maximum Gasteiger partial charge on any atom is 0.416 e. The van der Waals surface area contributed by atoms with Crippen LogP contribution in [-0.2, 0) is 15.8 Å². The van der Waals surface area contributed by atoms with E-state index in [0.29, 0.717) is 11.6 Å². The Kier molecular flexibility index (Phi) is 8.62. The van der Waals surface area contributed by atoms with Crippen molar-refractivity contribution in [3.63, 3.8) is 0 Å². The molecule has 2 amide bonds. The fourth-order valence-electron chi connectivity index (χ4n) is 3.15. The van der Waals surface area contributed by atoms with E-state index in [0.717, 1.165) is 30.3 Å². The molecule has 0 spiro atoms. The molecule has 0 aliphatic heterocycles. The van der Waals surface area contributed by atoms with Crippen molar-refractivity contribution in [2.24, 2.45) is 5.10 Å². The number of hydrogen-bond donors (Lipinski definition) is 2. The van der Waals surface area contributed by atoms with Crippen LogP contribution in [0.1, 0.15) is 18.1 Å². The van der Waals surface area contributed by atoms with Crippen molar-refractivity contribution in [3.05, 3.63) is 92.0 Å². The number of nitro benzene ring substituents is 2. The number of methoxy groups -OCH3 is 1. The van der Waals surface area contributed by atoms with Crippen LogP contribution in [0, 0.1) is 20.2 Å². The highest BCUT2D eigenvalue weighted by molar-refractivity contribution is 6.39. The average Bonchev–Trinajstić information content (AvgIpc) is 2.91. The van der Waals surface area contributed by atoms with E-state index in [2.05, 4.69) is 5.10 Å². The number of carbonyl (C=O) groups excluding carboxylic acids is 2. The van der Waals surface area contributed by atoms with Gasteiger partial charge in [-0.3, -0.25) is 29.8 Å². The second-order valence-electron chi connectivity index (χ2n) is 7.80. The standard InChI is InChI=1S/C24H18F3N5O8/c1-13(29-30-23(34)22(33)28-16-5-3-4-15(11-16)24(25,26)27)14-6-8-20(21(10-14)39-2)40-19-9-7-17(31(35)36)12-18(19)32(37)38/h3-12H,1-2H3,(H,28,33)(H,30,34). The molecule has 0 bridgehead atoms. The predicted octanol–water partition coefficient (Wildman–Crippen LogP) is 4.80. The summed E-state index contributed by atoms with van der Waals surface area (Å²) in [5.41, 5.74) is 0.113. The lowest BCUT2D eigenvalue weighted by atomic mass is 10.1. The van der Waals surface area contributed by atoms with Gasteiger partial charge in [-0.05, 0) is 49.4 Å². The van der Waals surface area contributed by atoms with Crippen LogP contribution in [0.2, 0.25) is 0 Å². The average molecular weight is 561 g/mol. The molecule has 3 aromatic rings. The number of rotatable bonds is 8. The summed E-state index contributed by atoms with van der Waals surface area (Å²) in [7, 11) is 1.28. The summed E-state index contributed by atoms with van der Waals surface area (Å²) >= 11 is 0. The Morgan fingerprint density at radius 3 is 2.23 bits per heavy atom. The minimum Gasteiger partial charge on any atom is -0.493 e. The highest BCUT2D eigenvalue weighted by Gasteiger charge is 2.30.